The molecule has 0 aliphatic rings. The Bertz CT molecular complexity index is 1530. The molecule has 0 aliphatic heterocycles. The number of imidazole rings is 1. The first-order chi connectivity index (χ1) is 18.7. The molecule has 2 aromatic carbocycles. The number of anilines is 2. The summed E-state index contributed by atoms with van der Waals surface area (Å²) in [4.78, 5) is 12.2. The second-order valence-corrected chi connectivity index (χ2v) is 10.8. The van der Waals surface area contributed by atoms with Crippen LogP contribution < -0.4 is 14.8 Å². The molecule has 0 amide bonds. The van der Waals surface area contributed by atoms with Crippen LogP contribution >= 0.6 is 23.4 Å². The zero-order valence-corrected chi connectivity index (χ0v) is 24.7. The highest BCUT2D eigenvalue weighted by Crippen LogP contribution is 2.39. The molecule has 1 N–H and O–H groups in total. The van der Waals surface area contributed by atoms with Gasteiger partial charge in [0.15, 0.2) is 16.7 Å². The monoisotopic (exact) mass is 564 g/mol. The van der Waals surface area contributed by atoms with Gasteiger partial charge in [-0.25, -0.2) is 4.98 Å². The number of nitriles is 1. The van der Waals surface area contributed by atoms with Crippen LogP contribution in [0.3, 0.4) is 0 Å². The Hall–Kier alpha value is -3.45. The third-order valence-corrected chi connectivity index (χ3v) is 7.92. The molecule has 39 heavy (non-hydrogen) atoms. The summed E-state index contributed by atoms with van der Waals surface area (Å²) in [6, 6.07) is 11.7. The van der Waals surface area contributed by atoms with Crippen molar-refractivity contribution in [1.29, 1.82) is 5.26 Å². The van der Waals surface area contributed by atoms with Crippen LogP contribution in [-0.4, -0.2) is 53.8 Å². The highest BCUT2D eigenvalue weighted by atomic mass is 35.5. The normalized spacial score (nSPS) is 11.2. The summed E-state index contributed by atoms with van der Waals surface area (Å²) in [5.41, 5.74) is 4.65. The minimum atomic E-state index is 0.412. The lowest BCUT2D eigenvalue weighted by Crippen LogP contribution is -2.15. The largest absolute Gasteiger partial charge is 0.493 e. The van der Waals surface area contributed by atoms with Crippen molar-refractivity contribution in [1.82, 2.24) is 19.4 Å². The van der Waals surface area contributed by atoms with E-state index >= 15 is 0 Å². The molecule has 0 atom stereocenters. The van der Waals surface area contributed by atoms with Crippen molar-refractivity contribution in [2.45, 2.75) is 43.8 Å². The number of ether oxygens (including phenoxy) is 2. The molecule has 4 rings (SSSR count). The molecule has 2 aromatic heterocycles. The fraction of sp³-hybridized carbons (Fsp3) is 0.345. The van der Waals surface area contributed by atoms with E-state index in [0.717, 1.165) is 52.0 Å². The second kappa shape index (κ2) is 12.6. The number of nitrogens with zero attached hydrogens (tertiary/aromatic N) is 5. The molecule has 0 fully saturated rings. The van der Waals surface area contributed by atoms with E-state index < -0.39 is 0 Å². The van der Waals surface area contributed by atoms with Gasteiger partial charge in [0.2, 0.25) is 0 Å². The summed E-state index contributed by atoms with van der Waals surface area (Å²) in [5, 5.41) is 15.5. The van der Waals surface area contributed by atoms with Gasteiger partial charge in [0.05, 0.1) is 41.2 Å². The summed E-state index contributed by atoms with van der Waals surface area (Å²) < 4.78 is 13.8. The SMILES string of the molecule is CCn1c(Sc2ccc(Nc3c(C#N)cnc4cc(OCCCN(C)C)c(OC)cc34)cc2Cl)nc(C)c1C. The zero-order chi connectivity index (χ0) is 28.1. The summed E-state index contributed by atoms with van der Waals surface area (Å²) in [7, 11) is 5.67. The minimum absolute atomic E-state index is 0.412. The van der Waals surface area contributed by atoms with Crippen LogP contribution in [0.2, 0.25) is 5.02 Å². The maximum Gasteiger partial charge on any atom is 0.173 e. The Morgan fingerprint density at radius 2 is 1.97 bits per heavy atom. The van der Waals surface area contributed by atoms with Crippen LogP contribution in [0.25, 0.3) is 10.9 Å². The Morgan fingerprint density at radius 3 is 2.64 bits per heavy atom. The van der Waals surface area contributed by atoms with Crippen LogP contribution in [0.5, 0.6) is 11.5 Å². The Morgan fingerprint density at radius 1 is 1.18 bits per heavy atom. The molecular weight excluding hydrogens is 532 g/mol. The molecule has 10 heteroatoms. The molecule has 0 saturated carbocycles. The number of hydrogen-bond donors (Lipinski definition) is 1. The van der Waals surface area contributed by atoms with Gasteiger partial charge in [-0.1, -0.05) is 23.4 Å². The minimum Gasteiger partial charge on any atom is -0.493 e. The number of fused-ring (bicyclic) bond motifs is 1. The average molecular weight is 565 g/mol. The number of nitrogens with one attached hydrogen (secondary N) is 1. The second-order valence-electron chi connectivity index (χ2n) is 9.37. The number of rotatable bonds is 11. The van der Waals surface area contributed by atoms with Gasteiger partial charge in [-0.05, 0) is 65.6 Å². The number of aromatic nitrogens is 3. The summed E-state index contributed by atoms with van der Waals surface area (Å²) in [6.07, 6.45) is 2.45. The molecule has 0 spiro atoms. The van der Waals surface area contributed by atoms with Crippen molar-refractivity contribution < 1.29 is 9.47 Å². The molecule has 8 nitrogen and oxygen atoms in total. The lowest BCUT2D eigenvalue weighted by molar-refractivity contribution is 0.268. The first-order valence-corrected chi connectivity index (χ1v) is 13.9. The molecule has 0 aliphatic carbocycles. The van der Waals surface area contributed by atoms with Crippen molar-refractivity contribution >= 4 is 45.6 Å². The lowest BCUT2D eigenvalue weighted by atomic mass is 10.1. The van der Waals surface area contributed by atoms with E-state index in [1.54, 1.807) is 13.3 Å². The smallest absolute Gasteiger partial charge is 0.173 e. The van der Waals surface area contributed by atoms with Gasteiger partial charge >= 0.3 is 0 Å². The standard InChI is InChI=1S/C29H33ClN6O2S/c1-7-36-19(3)18(2)33-29(36)39-27-10-9-21(13-23(27)30)34-28-20(16-31)17-32-24-15-26(25(37-6)14-22(24)28)38-12-8-11-35(4)5/h9-10,13-15,17H,7-8,11-12H2,1-6H3,(H,32,34). The number of halogens is 1. The summed E-state index contributed by atoms with van der Waals surface area (Å²) >= 11 is 8.25. The molecule has 2 heterocycles. The molecular formula is C29H33ClN6O2S. The van der Waals surface area contributed by atoms with Crippen LogP contribution in [0.1, 0.15) is 30.3 Å². The van der Waals surface area contributed by atoms with Gasteiger partial charge in [0.1, 0.15) is 6.07 Å². The van der Waals surface area contributed by atoms with Crippen molar-refractivity contribution in [2.24, 2.45) is 0 Å². The van der Waals surface area contributed by atoms with Crippen molar-refractivity contribution in [2.75, 3.05) is 39.7 Å². The number of hydrogen-bond acceptors (Lipinski definition) is 8. The fourth-order valence-corrected chi connectivity index (χ4v) is 5.58. The Kier molecular flexibility index (Phi) is 9.23. The lowest BCUT2D eigenvalue weighted by Gasteiger charge is -2.16. The van der Waals surface area contributed by atoms with Gasteiger partial charge in [0.25, 0.3) is 0 Å². The predicted molar refractivity (Wildman–Crippen MR) is 158 cm³/mol. The molecule has 0 saturated heterocycles. The third kappa shape index (κ3) is 6.41. The van der Waals surface area contributed by atoms with Gasteiger partial charge < -0.3 is 24.3 Å². The number of pyridine rings is 1. The van der Waals surface area contributed by atoms with E-state index in [1.165, 1.54) is 11.8 Å². The van der Waals surface area contributed by atoms with Crippen molar-refractivity contribution in [3.8, 4) is 17.6 Å². The molecule has 204 valence electrons. The van der Waals surface area contributed by atoms with Crippen LogP contribution in [0.4, 0.5) is 11.4 Å². The van der Waals surface area contributed by atoms with Crippen molar-refractivity contribution in [3.63, 3.8) is 0 Å². The van der Waals surface area contributed by atoms with Gasteiger partial charge in [-0.3, -0.25) is 4.98 Å². The van der Waals surface area contributed by atoms with Crippen LogP contribution in [0.15, 0.2) is 46.6 Å². The molecule has 0 unspecified atom stereocenters. The third-order valence-electron chi connectivity index (χ3n) is 6.42. The van der Waals surface area contributed by atoms with E-state index in [2.05, 4.69) is 39.7 Å². The average Bonchev–Trinajstić information content (AvgIpc) is 3.19. The van der Waals surface area contributed by atoms with E-state index in [-0.39, 0.29) is 0 Å². The van der Waals surface area contributed by atoms with Gasteiger partial charge in [-0.15, -0.1) is 0 Å². The highest BCUT2D eigenvalue weighted by molar-refractivity contribution is 7.99. The van der Waals surface area contributed by atoms with Crippen molar-refractivity contribution in [3.05, 3.63) is 58.5 Å². The topological polar surface area (TPSA) is 88.2 Å². The van der Waals surface area contributed by atoms with E-state index in [1.807, 2.05) is 51.4 Å². The number of aryl methyl sites for hydroxylation is 1. The van der Waals surface area contributed by atoms with Gasteiger partial charge in [-0.2, -0.15) is 5.26 Å². The first-order valence-electron chi connectivity index (χ1n) is 12.7. The highest BCUT2D eigenvalue weighted by Gasteiger charge is 2.17. The quantitative estimate of drug-likeness (QED) is 0.198. The maximum absolute atomic E-state index is 9.83. The fourth-order valence-electron chi connectivity index (χ4n) is 4.23. The van der Waals surface area contributed by atoms with Gasteiger partial charge in [0, 0.05) is 47.0 Å². The predicted octanol–water partition coefficient (Wildman–Crippen LogP) is 6.83. The number of methoxy groups -OCH3 is 1. The molecule has 4 aromatic rings. The summed E-state index contributed by atoms with van der Waals surface area (Å²) in [5.74, 6) is 1.20. The Balaban J connectivity index is 1.63. The zero-order valence-electron chi connectivity index (χ0n) is 23.1. The van der Waals surface area contributed by atoms with Crippen LogP contribution in [-0.2, 0) is 6.54 Å². The van der Waals surface area contributed by atoms with E-state index in [0.29, 0.717) is 39.9 Å². The van der Waals surface area contributed by atoms with E-state index in [9.17, 15) is 5.26 Å². The summed E-state index contributed by atoms with van der Waals surface area (Å²) in [6.45, 7) is 8.52. The molecule has 0 bridgehead atoms. The number of benzene rings is 2. The van der Waals surface area contributed by atoms with Crippen LogP contribution in [0, 0.1) is 25.2 Å². The Labute approximate surface area is 238 Å². The van der Waals surface area contributed by atoms with E-state index in [4.69, 9.17) is 26.1 Å². The molecule has 0 radical (unpaired) electrons. The first kappa shape index (κ1) is 28.6. The maximum atomic E-state index is 9.83.